The number of nitrogens with zero attached hydrogens (tertiary/aromatic N) is 1. The fourth-order valence-electron chi connectivity index (χ4n) is 2.60. The number of hydrogen-bond acceptors (Lipinski definition) is 3. The molecule has 15 heavy (non-hydrogen) atoms. The minimum Gasteiger partial charge on any atom is -0.330 e. The first-order valence-electron chi connectivity index (χ1n) is 5.88. The van der Waals surface area contributed by atoms with Gasteiger partial charge in [0.25, 0.3) is 0 Å². The van der Waals surface area contributed by atoms with Crippen LogP contribution in [0.2, 0.25) is 0 Å². The Kier molecular flexibility index (Phi) is 6.36. The summed E-state index contributed by atoms with van der Waals surface area (Å²) >= 11 is 2.13. The van der Waals surface area contributed by atoms with Gasteiger partial charge in [-0.25, -0.2) is 0 Å². The van der Waals surface area contributed by atoms with E-state index in [4.69, 9.17) is 5.73 Å². The summed E-state index contributed by atoms with van der Waals surface area (Å²) in [5, 5.41) is 0. The molecule has 2 heterocycles. The molecule has 0 aliphatic carbocycles. The van der Waals surface area contributed by atoms with E-state index in [0.29, 0.717) is 0 Å². The highest BCUT2D eigenvalue weighted by atomic mass is 35.5. The zero-order chi connectivity index (χ0) is 9.80. The van der Waals surface area contributed by atoms with Crippen molar-refractivity contribution < 1.29 is 0 Å². The summed E-state index contributed by atoms with van der Waals surface area (Å²) in [4.78, 5) is 2.65. The van der Waals surface area contributed by atoms with Gasteiger partial charge in [0, 0.05) is 13.1 Å². The molecule has 0 radical (unpaired) electrons. The van der Waals surface area contributed by atoms with Crippen LogP contribution < -0.4 is 5.73 Å². The summed E-state index contributed by atoms with van der Waals surface area (Å²) in [6.45, 7) is 4.80. The summed E-state index contributed by atoms with van der Waals surface area (Å²) in [5.41, 5.74) is 5.74. The van der Waals surface area contributed by atoms with Crippen LogP contribution in [-0.2, 0) is 0 Å². The predicted octanol–water partition coefficient (Wildman–Crippen LogP) is 1.83. The summed E-state index contributed by atoms with van der Waals surface area (Å²) in [6, 6.07) is 0. The van der Waals surface area contributed by atoms with Crippen LogP contribution in [0.4, 0.5) is 0 Å². The van der Waals surface area contributed by atoms with Gasteiger partial charge in [-0.1, -0.05) is 0 Å². The highest BCUT2D eigenvalue weighted by Gasteiger charge is 2.23. The molecule has 90 valence electrons. The van der Waals surface area contributed by atoms with Gasteiger partial charge in [-0.15, -0.1) is 12.4 Å². The van der Waals surface area contributed by atoms with E-state index in [9.17, 15) is 0 Å². The summed E-state index contributed by atoms with van der Waals surface area (Å²) in [7, 11) is 0. The highest BCUT2D eigenvalue weighted by Crippen LogP contribution is 2.25. The smallest absolute Gasteiger partial charge is 0.00218 e. The Morgan fingerprint density at radius 3 is 2.80 bits per heavy atom. The lowest BCUT2D eigenvalue weighted by Gasteiger charge is -2.33. The predicted molar refractivity (Wildman–Crippen MR) is 70.9 cm³/mol. The van der Waals surface area contributed by atoms with E-state index in [1.807, 2.05) is 0 Å². The van der Waals surface area contributed by atoms with Crippen LogP contribution in [-0.4, -0.2) is 42.6 Å². The maximum atomic E-state index is 5.74. The number of piperidine rings is 1. The van der Waals surface area contributed by atoms with Crippen molar-refractivity contribution in [1.82, 2.24) is 4.90 Å². The first-order chi connectivity index (χ1) is 6.88. The maximum Gasteiger partial charge on any atom is 0.00218 e. The maximum absolute atomic E-state index is 5.74. The molecular weight excluding hydrogens is 228 g/mol. The molecule has 2 nitrogen and oxygen atoms in total. The topological polar surface area (TPSA) is 29.3 Å². The molecule has 0 saturated carbocycles. The molecule has 0 spiro atoms. The van der Waals surface area contributed by atoms with Gasteiger partial charge in [0.05, 0.1) is 0 Å². The number of thioether (sulfide) groups is 1. The molecular formula is C11H23ClN2S. The second-order valence-corrected chi connectivity index (χ2v) is 5.88. The molecule has 2 aliphatic heterocycles. The van der Waals surface area contributed by atoms with E-state index < -0.39 is 0 Å². The molecule has 2 aliphatic rings. The van der Waals surface area contributed by atoms with E-state index in [1.54, 1.807) is 0 Å². The second-order valence-electron chi connectivity index (χ2n) is 4.73. The summed E-state index contributed by atoms with van der Waals surface area (Å²) in [5.74, 6) is 4.53. The SMILES string of the molecule is Cl.NCC1CCCN(CC2CCSC2)C1. The Hall–Kier alpha value is 0.560. The Morgan fingerprint density at radius 1 is 1.27 bits per heavy atom. The third-order valence-electron chi connectivity index (χ3n) is 3.48. The van der Waals surface area contributed by atoms with Crippen LogP contribution in [0.1, 0.15) is 19.3 Å². The summed E-state index contributed by atoms with van der Waals surface area (Å²) < 4.78 is 0. The second kappa shape index (κ2) is 7.00. The van der Waals surface area contributed by atoms with Gasteiger partial charge < -0.3 is 10.6 Å². The molecule has 0 aromatic carbocycles. The Bertz CT molecular complexity index is 174. The number of nitrogens with two attached hydrogens (primary N) is 1. The van der Waals surface area contributed by atoms with Crippen molar-refractivity contribution in [2.24, 2.45) is 17.6 Å². The normalized spacial score (nSPS) is 32.6. The average molecular weight is 251 g/mol. The van der Waals surface area contributed by atoms with E-state index in [0.717, 1.165) is 18.4 Å². The van der Waals surface area contributed by atoms with Gasteiger partial charge in [0.15, 0.2) is 0 Å². The number of likely N-dealkylation sites (tertiary alicyclic amines) is 1. The van der Waals surface area contributed by atoms with Crippen LogP contribution in [0.25, 0.3) is 0 Å². The monoisotopic (exact) mass is 250 g/mol. The van der Waals surface area contributed by atoms with Crippen LogP contribution >= 0.6 is 24.2 Å². The first-order valence-corrected chi connectivity index (χ1v) is 7.04. The van der Waals surface area contributed by atoms with Crippen LogP contribution in [0.3, 0.4) is 0 Å². The lowest BCUT2D eigenvalue weighted by atomic mass is 9.97. The Morgan fingerprint density at radius 2 is 2.13 bits per heavy atom. The Labute approximate surface area is 104 Å². The van der Waals surface area contributed by atoms with E-state index >= 15 is 0 Å². The number of hydrogen-bond donors (Lipinski definition) is 1. The molecule has 0 aromatic heterocycles. The van der Waals surface area contributed by atoms with Crippen LogP contribution in [0.5, 0.6) is 0 Å². The largest absolute Gasteiger partial charge is 0.330 e. The van der Waals surface area contributed by atoms with E-state index in [-0.39, 0.29) is 12.4 Å². The van der Waals surface area contributed by atoms with Crippen molar-refractivity contribution in [2.75, 3.05) is 37.7 Å². The van der Waals surface area contributed by atoms with Crippen molar-refractivity contribution >= 4 is 24.2 Å². The van der Waals surface area contributed by atoms with Gasteiger partial charge in [0.1, 0.15) is 0 Å². The zero-order valence-electron chi connectivity index (χ0n) is 9.36. The molecule has 4 heteroatoms. The molecule has 2 unspecified atom stereocenters. The highest BCUT2D eigenvalue weighted by molar-refractivity contribution is 7.99. The molecule has 2 N–H and O–H groups in total. The molecule has 0 bridgehead atoms. The summed E-state index contributed by atoms with van der Waals surface area (Å²) in [6.07, 6.45) is 4.16. The average Bonchev–Trinajstić information content (AvgIpc) is 2.71. The number of rotatable bonds is 3. The molecule has 0 amide bonds. The molecule has 2 saturated heterocycles. The lowest BCUT2D eigenvalue weighted by molar-refractivity contribution is 0.159. The van der Waals surface area contributed by atoms with Gasteiger partial charge in [0.2, 0.25) is 0 Å². The van der Waals surface area contributed by atoms with Gasteiger partial charge in [-0.05, 0) is 55.7 Å². The third kappa shape index (κ3) is 4.14. The minimum absolute atomic E-state index is 0. The molecule has 2 rings (SSSR count). The van der Waals surface area contributed by atoms with Crippen molar-refractivity contribution in [3.63, 3.8) is 0 Å². The fraction of sp³-hybridized carbons (Fsp3) is 1.00. The first kappa shape index (κ1) is 13.6. The standard InChI is InChI=1S/C11H22N2S.ClH/c12-6-10-2-1-4-13(7-10)8-11-3-5-14-9-11;/h10-11H,1-9,12H2;1H. The fourth-order valence-corrected chi connectivity index (χ4v) is 3.87. The van der Waals surface area contributed by atoms with Gasteiger partial charge >= 0.3 is 0 Å². The Balaban J connectivity index is 0.00000112. The zero-order valence-corrected chi connectivity index (χ0v) is 11.0. The van der Waals surface area contributed by atoms with Gasteiger partial charge in [-0.3, -0.25) is 0 Å². The van der Waals surface area contributed by atoms with Crippen molar-refractivity contribution in [2.45, 2.75) is 19.3 Å². The third-order valence-corrected chi connectivity index (χ3v) is 4.71. The van der Waals surface area contributed by atoms with Crippen molar-refractivity contribution in [3.8, 4) is 0 Å². The molecule has 2 atom stereocenters. The number of halogens is 1. The van der Waals surface area contributed by atoms with E-state index in [1.165, 1.54) is 50.4 Å². The molecule has 2 fully saturated rings. The van der Waals surface area contributed by atoms with Crippen LogP contribution in [0, 0.1) is 11.8 Å². The lowest BCUT2D eigenvalue weighted by Crippen LogP contribution is -2.40. The van der Waals surface area contributed by atoms with Crippen LogP contribution in [0.15, 0.2) is 0 Å². The minimum atomic E-state index is 0. The molecule has 0 aromatic rings. The van der Waals surface area contributed by atoms with Gasteiger partial charge in [-0.2, -0.15) is 11.8 Å². The van der Waals surface area contributed by atoms with E-state index in [2.05, 4.69) is 16.7 Å². The quantitative estimate of drug-likeness (QED) is 0.829. The van der Waals surface area contributed by atoms with Crippen molar-refractivity contribution in [1.29, 1.82) is 0 Å². The van der Waals surface area contributed by atoms with Crippen molar-refractivity contribution in [3.05, 3.63) is 0 Å².